The van der Waals surface area contributed by atoms with Crippen molar-refractivity contribution in [3.8, 4) is 16.9 Å². The van der Waals surface area contributed by atoms with Crippen molar-refractivity contribution in [1.29, 1.82) is 0 Å². The fourth-order valence-electron chi connectivity index (χ4n) is 1.89. The van der Waals surface area contributed by atoms with Crippen LogP contribution in [0.1, 0.15) is 5.56 Å². The molecule has 0 saturated carbocycles. The highest BCUT2D eigenvalue weighted by molar-refractivity contribution is 9.10. The van der Waals surface area contributed by atoms with Gasteiger partial charge in [0.15, 0.2) is 0 Å². The molecule has 0 saturated heterocycles. The van der Waals surface area contributed by atoms with Crippen LogP contribution in [-0.2, 0) is 6.18 Å². The molecule has 0 spiro atoms. The van der Waals surface area contributed by atoms with Crippen molar-refractivity contribution in [2.24, 2.45) is 0 Å². The number of para-hydroxylation sites is 1. The highest BCUT2D eigenvalue weighted by atomic mass is 79.9. The molecule has 8 heteroatoms. The molecule has 0 aromatic heterocycles. The summed E-state index contributed by atoms with van der Waals surface area (Å²) in [4.78, 5) is 0. The summed E-state index contributed by atoms with van der Waals surface area (Å²) in [6.07, 6.45) is -9.71. The van der Waals surface area contributed by atoms with Crippen LogP contribution in [0, 0.1) is 0 Å². The average Bonchev–Trinajstić information content (AvgIpc) is 2.37. The maximum atomic E-state index is 13.1. The second-order valence-electron chi connectivity index (χ2n) is 4.23. The second kappa shape index (κ2) is 5.83. The van der Waals surface area contributed by atoms with Crippen LogP contribution < -0.4 is 4.74 Å². The zero-order chi connectivity index (χ0) is 16.5. The van der Waals surface area contributed by atoms with E-state index in [1.54, 1.807) is 0 Å². The van der Waals surface area contributed by atoms with E-state index in [1.165, 1.54) is 18.2 Å². The molecule has 0 bridgehead atoms. The molecular weight excluding hydrogens is 378 g/mol. The van der Waals surface area contributed by atoms with E-state index in [9.17, 15) is 26.3 Å². The Bertz CT molecular complexity index is 678. The lowest BCUT2D eigenvalue weighted by Gasteiger charge is -2.17. The normalized spacial score (nSPS) is 12.3. The van der Waals surface area contributed by atoms with E-state index in [2.05, 4.69) is 20.7 Å². The quantitative estimate of drug-likeness (QED) is 0.574. The maximum absolute atomic E-state index is 13.1. The number of alkyl halides is 6. The van der Waals surface area contributed by atoms with Gasteiger partial charge in [-0.05, 0) is 23.8 Å². The summed E-state index contributed by atoms with van der Waals surface area (Å²) in [5, 5.41) is 0. The van der Waals surface area contributed by atoms with Crippen LogP contribution in [0.15, 0.2) is 46.9 Å². The Hall–Kier alpha value is -1.70. The summed E-state index contributed by atoms with van der Waals surface area (Å²) in [5.74, 6) is -0.692. The lowest BCUT2D eigenvalue weighted by atomic mass is 9.98. The van der Waals surface area contributed by atoms with E-state index in [1.807, 2.05) is 0 Å². The molecule has 0 amide bonds. The van der Waals surface area contributed by atoms with Crippen molar-refractivity contribution < 1.29 is 31.1 Å². The van der Waals surface area contributed by atoms with Crippen LogP contribution in [-0.4, -0.2) is 6.36 Å². The van der Waals surface area contributed by atoms with Gasteiger partial charge in [0.2, 0.25) is 0 Å². The number of hydrogen-bond donors (Lipinski definition) is 0. The van der Waals surface area contributed by atoms with Gasteiger partial charge in [-0.2, -0.15) is 13.2 Å². The number of halogens is 7. The largest absolute Gasteiger partial charge is 0.573 e. The predicted octanol–water partition coefficient (Wildman–Crippen LogP) is 6.03. The molecule has 1 nitrogen and oxygen atoms in total. The van der Waals surface area contributed by atoms with Crippen LogP contribution in [0.25, 0.3) is 11.1 Å². The number of ether oxygens (including phenoxy) is 1. The second-order valence-corrected chi connectivity index (χ2v) is 5.15. The molecule has 0 atom stereocenters. The number of benzene rings is 2. The van der Waals surface area contributed by atoms with E-state index in [0.29, 0.717) is 0 Å². The first kappa shape index (κ1) is 16.7. The number of rotatable bonds is 2. The third-order valence-corrected chi connectivity index (χ3v) is 3.18. The Labute approximate surface area is 129 Å². The van der Waals surface area contributed by atoms with E-state index in [4.69, 9.17) is 0 Å². The van der Waals surface area contributed by atoms with Gasteiger partial charge in [0, 0.05) is 10.0 Å². The van der Waals surface area contributed by atoms with Gasteiger partial charge in [-0.3, -0.25) is 0 Å². The van der Waals surface area contributed by atoms with Crippen molar-refractivity contribution in [1.82, 2.24) is 0 Å². The first-order valence-electron chi connectivity index (χ1n) is 5.80. The van der Waals surface area contributed by atoms with E-state index in [-0.39, 0.29) is 10.0 Å². The van der Waals surface area contributed by atoms with Crippen LogP contribution >= 0.6 is 15.9 Å². The van der Waals surface area contributed by atoms with Gasteiger partial charge in [0.05, 0.1) is 5.56 Å². The average molecular weight is 385 g/mol. The van der Waals surface area contributed by atoms with Crippen LogP contribution in [0.5, 0.6) is 5.75 Å². The van der Waals surface area contributed by atoms with Crippen LogP contribution in [0.4, 0.5) is 26.3 Å². The molecule has 0 radical (unpaired) electrons. The van der Waals surface area contributed by atoms with Gasteiger partial charge >= 0.3 is 12.5 Å². The molecule has 0 aliphatic carbocycles. The Morgan fingerprint density at radius 1 is 0.818 bits per heavy atom. The minimum Gasteiger partial charge on any atom is -0.405 e. The molecule has 2 aromatic rings. The summed E-state index contributed by atoms with van der Waals surface area (Å²) in [7, 11) is 0. The zero-order valence-corrected chi connectivity index (χ0v) is 12.2. The molecule has 0 aliphatic rings. The Balaban J connectivity index is 2.63. The highest BCUT2D eigenvalue weighted by Crippen LogP contribution is 2.42. The SMILES string of the molecule is FC(F)(F)Oc1ccccc1-c1ccc(Br)cc1C(F)(F)F. The molecule has 0 aliphatic heterocycles. The Morgan fingerprint density at radius 3 is 2.05 bits per heavy atom. The van der Waals surface area contributed by atoms with E-state index >= 15 is 0 Å². The summed E-state index contributed by atoms with van der Waals surface area (Å²) < 4.78 is 80.4. The molecule has 0 fully saturated rings. The minimum absolute atomic E-state index is 0.165. The minimum atomic E-state index is -5.00. The molecule has 2 rings (SSSR count). The van der Waals surface area contributed by atoms with Gasteiger partial charge < -0.3 is 4.74 Å². The van der Waals surface area contributed by atoms with Crippen LogP contribution in [0.3, 0.4) is 0 Å². The highest BCUT2D eigenvalue weighted by Gasteiger charge is 2.36. The van der Waals surface area contributed by atoms with Crippen LogP contribution in [0.2, 0.25) is 0 Å². The van der Waals surface area contributed by atoms with Gasteiger partial charge in [0.25, 0.3) is 0 Å². The molecule has 22 heavy (non-hydrogen) atoms. The fraction of sp³-hybridized carbons (Fsp3) is 0.143. The monoisotopic (exact) mass is 384 g/mol. The lowest BCUT2D eigenvalue weighted by molar-refractivity contribution is -0.274. The third-order valence-electron chi connectivity index (χ3n) is 2.69. The topological polar surface area (TPSA) is 9.23 Å². The molecule has 118 valence electrons. The predicted molar refractivity (Wildman–Crippen MR) is 71.3 cm³/mol. The summed E-state index contributed by atoms with van der Waals surface area (Å²) in [5.41, 5.74) is -1.74. The Kier molecular flexibility index (Phi) is 4.42. The summed E-state index contributed by atoms with van der Waals surface area (Å²) in [6, 6.07) is 7.89. The summed E-state index contributed by atoms with van der Waals surface area (Å²) in [6.45, 7) is 0. The fourth-order valence-corrected chi connectivity index (χ4v) is 2.25. The van der Waals surface area contributed by atoms with Crippen molar-refractivity contribution >= 4 is 15.9 Å². The molecule has 0 N–H and O–H groups in total. The first-order valence-corrected chi connectivity index (χ1v) is 6.59. The van der Waals surface area contributed by atoms with Crippen molar-refractivity contribution in [3.05, 3.63) is 52.5 Å². The number of hydrogen-bond acceptors (Lipinski definition) is 1. The van der Waals surface area contributed by atoms with Crippen molar-refractivity contribution in [3.63, 3.8) is 0 Å². The standard InChI is InChI=1S/C14H7BrF6O/c15-8-5-6-9(11(7-8)13(16,17)18)10-3-1-2-4-12(10)22-14(19,20)21/h1-7H. The third kappa shape index (κ3) is 3.94. The zero-order valence-electron chi connectivity index (χ0n) is 10.6. The smallest absolute Gasteiger partial charge is 0.405 e. The van der Waals surface area contributed by atoms with E-state index in [0.717, 1.165) is 24.3 Å². The van der Waals surface area contributed by atoms with Gasteiger partial charge in [0.1, 0.15) is 5.75 Å². The van der Waals surface area contributed by atoms with Gasteiger partial charge in [-0.15, -0.1) is 13.2 Å². The molecule has 0 unspecified atom stereocenters. The van der Waals surface area contributed by atoms with Gasteiger partial charge in [-0.1, -0.05) is 40.2 Å². The van der Waals surface area contributed by atoms with Crippen molar-refractivity contribution in [2.45, 2.75) is 12.5 Å². The summed E-state index contributed by atoms with van der Waals surface area (Å²) >= 11 is 2.92. The first-order chi connectivity index (χ1) is 10.1. The van der Waals surface area contributed by atoms with E-state index < -0.39 is 29.4 Å². The molecular formula is C14H7BrF6O. The Morgan fingerprint density at radius 2 is 1.45 bits per heavy atom. The maximum Gasteiger partial charge on any atom is 0.573 e. The molecule has 0 heterocycles. The van der Waals surface area contributed by atoms with Crippen molar-refractivity contribution in [2.75, 3.05) is 0 Å². The lowest BCUT2D eigenvalue weighted by Crippen LogP contribution is -2.18. The van der Waals surface area contributed by atoms with Gasteiger partial charge in [-0.25, -0.2) is 0 Å². The molecule has 2 aromatic carbocycles.